The number of fused-ring (bicyclic) bond motifs is 8. The van der Waals surface area contributed by atoms with Crippen LogP contribution in [0, 0.1) is 0 Å². The van der Waals surface area contributed by atoms with Crippen LogP contribution in [0.3, 0.4) is 0 Å². The molecule has 9 rings (SSSR count). The summed E-state index contributed by atoms with van der Waals surface area (Å²) in [6.45, 7) is 13.7. The Hall–Kier alpha value is -4.84. The molecule has 0 aliphatic heterocycles. The van der Waals surface area contributed by atoms with Gasteiger partial charge in [0.25, 0.3) is 0 Å². The van der Waals surface area contributed by atoms with Crippen LogP contribution in [0.25, 0.3) is 59.5 Å². The van der Waals surface area contributed by atoms with Crippen molar-refractivity contribution in [1.29, 1.82) is 0 Å². The second-order valence-electron chi connectivity index (χ2n) is 15.6. The topological polar surface area (TPSA) is 21.3 Å². The van der Waals surface area contributed by atoms with Gasteiger partial charge >= 0.3 is 0 Å². The zero-order chi connectivity index (χ0) is 35.2. The van der Waals surface area contributed by atoms with Crippen molar-refractivity contribution in [2.24, 2.45) is 0 Å². The molecule has 0 saturated carbocycles. The lowest BCUT2D eigenvalue weighted by atomic mass is 9.86. The van der Waals surface area contributed by atoms with Crippen molar-refractivity contribution in [3.63, 3.8) is 0 Å². The summed E-state index contributed by atoms with van der Waals surface area (Å²) in [5.41, 5.74) is 11.4. The molecular formula is C46H39BrN2OS. The van der Waals surface area contributed by atoms with Gasteiger partial charge < -0.3 is 13.9 Å². The molecule has 0 fully saturated rings. The number of anilines is 3. The third-order valence-electron chi connectivity index (χ3n) is 10.2. The summed E-state index contributed by atoms with van der Waals surface area (Å²) in [7, 11) is 0. The fourth-order valence-corrected chi connectivity index (χ4v) is 9.01. The fourth-order valence-electron chi connectivity index (χ4n) is 7.56. The van der Waals surface area contributed by atoms with E-state index in [0.717, 1.165) is 54.5 Å². The first-order chi connectivity index (χ1) is 24.5. The summed E-state index contributed by atoms with van der Waals surface area (Å²) >= 11 is 5.77. The second-order valence-corrected chi connectivity index (χ2v) is 17.4. The lowest BCUT2D eigenvalue weighted by Crippen LogP contribution is -2.13. The molecule has 3 aromatic heterocycles. The van der Waals surface area contributed by atoms with Crippen molar-refractivity contribution in [2.45, 2.75) is 52.4 Å². The van der Waals surface area contributed by atoms with E-state index in [9.17, 15) is 0 Å². The molecule has 6 aromatic carbocycles. The van der Waals surface area contributed by atoms with Crippen LogP contribution in [0.15, 0.2) is 136 Å². The molecule has 3 heterocycles. The van der Waals surface area contributed by atoms with E-state index in [1.165, 1.54) is 37.7 Å². The quantitative estimate of drug-likeness (QED) is 0.179. The van der Waals surface area contributed by atoms with E-state index in [4.69, 9.17) is 4.42 Å². The molecule has 0 aliphatic rings. The predicted molar refractivity (Wildman–Crippen MR) is 223 cm³/mol. The van der Waals surface area contributed by atoms with E-state index in [2.05, 4.69) is 188 Å². The van der Waals surface area contributed by atoms with Crippen molar-refractivity contribution in [3.8, 4) is 5.69 Å². The summed E-state index contributed by atoms with van der Waals surface area (Å²) in [5, 5.41) is 8.27. The van der Waals surface area contributed by atoms with Gasteiger partial charge in [0.1, 0.15) is 11.2 Å². The van der Waals surface area contributed by atoms with Gasteiger partial charge in [-0.3, -0.25) is 0 Å². The van der Waals surface area contributed by atoms with E-state index >= 15 is 0 Å². The first-order valence-corrected chi connectivity index (χ1v) is 19.2. The number of benzene rings is 6. The van der Waals surface area contributed by atoms with Crippen molar-refractivity contribution in [1.82, 2.24) is 4.57 Å². The summed E-state index contributed by atoms with van der Waals surface area (Å²) in [4.78, 5) is 2.44. The summed E-state index contributed by atoms with van der Waals surface area (Å²) < 4.78 is 11.1. The summed E-state index contributed by atoms with van der Waals surface area (Å²) in [6.07, 6.45) is 0. The molecule has 9 aromatic rings. The van der Waals surface area contributed by atoms with Crippen LogP contribution >= 0.6 is 27.3 Å². The van der Waals surface area contributed by atoms with Crippen molar-refractivity contribution in [2.75, 3.05) is 4.90 Å². The highest BCUT2D eigenvalue weighted by molar-refractivity contribution is 9.10. The van der Waals surface area contributed by atoms with E-state index in [0.29, 0.717) is 0 Å². The molecule has 252 valence electrons. The number of hydrogen-bond acceptors (Lipinski definition) is 3. The van der Waals surface area contributed by atoms with Crippen LogP contribution in [-0.2, 0) is 10.8 Å². The Bertz CT molecular complexity index is 2790. The lowest BCUT2D eigenvalue weighted by molar-refractivity contribution is 0.590. The highest BCUT2D eigenvalue weighted by Crippen LogP contribution is 2.46. The molecule has 0 atom stereocenters. The Labute approximate surface area is 310 Å². The van der Waals surface area contributed by atoms with Gasteiger partial charge in [-0.1, -0.05) is 96.1 Å². The average Bonchev–Trinajstić information content (AvgIpc) is 3.80. The highest BCUT2D eigenvalue weighted by Gasteiger charge is 2.24. The van der Waals surface area contributed by atoms with E-state index in [-0.39, 0.29) is 10.8 Å². The van der Waals surface area contributed by atoms with Gasteiger partial charge in [-0.2, -0.15) is 0 Å². The maximum atomic E-state index is 6.36. The number of thiophene rings is 1. The zero-order valence-electron chi connectivity index (χ0n) is 29.7. The molecule has 0 N–H and O–H groups in total. The normalized spacial score (nSPS) is 12.6. The molecule has 0 amide bonds. The van der Waals surface area contributed by atoms with Gasteiger partial charge in [0.05, 0.1) is 16.7 Å². The van der Waals surface area contributed by atoms with Gasteiger partial charge in [-0.25, -0.2) is 0 Å². The van der Waals surface area contributed by atoms with Gasteiger partial charge in [0.15, 0.2) is 0 Å². The Balaban J connectivity index is 1.30. The van der Waals surface area contributed by atoms with Crippen molar-refractivity contribution in [3.05, 3.63) is 142 Å². The minimum atomic E-state index is 0.0438. The van der Waals surface area contributed by atoms with Crippen molar-refractivity contribution < 1.29 is 4.42 Å². The van der Waals surface area contributed by atoms with Gasteiger partial charge in [-0.05, 0) is 105 Å². The highest BCUT2D eigenvalue weighted by atomic mass is 79.9. The number of hydrogen-bond donors (Lipinski definition) is 0. The SMILES string of the molecule is CC(C)(C)c1ccc(N(c2cccc(-n3c4ccc5oc6ccccc6c5c4c4cccc(Br)c43)c2)c2csc3ccc(C(C)(C)C)cc23)cc1. The first-order valence-electron chi connectivity index (χ1n) is 17.5. The fraction of sp³-hybridized carbons (Fsp3) is 0.174. The molecule has 51 heavy (non-hydrogen) atoms. The predicted octanol–water partition coefficient (Wildman–Crippen LogP) is 14.7. The molecule has 0 saturated heterocycles. The van der Waals surface area contributed by atoms with Crippen LogP contribution in [0.4, 0.5) is 17.1 Å². The standard InChI is InChI=1S/C46H39BrN2OS/c1-45(2,3)28-17-20-30(21-18-28)48(38-27-51-41-24-19-29(25-35(38)41)46(4,5)6)31-11-9-12-32(26-31)49-37-22-23-40-43(33-13-7-8-16-39(33)50-40)42(37)34-14-10-15-36(47)44(34)49/h7-27H,1-6H3. The Morgan fingerprint density at radius 1 is 0.608 bits per heavy atom. The number of furan rings is 1. The Kier molecular flexibility index (Phi) is 7.29. The smallest absolute Gasteiger partial charge is 0.136 e. The largest absolute Gasteiger partial charge is 0.456 e. The maximum absolute atomic E-state index is 6.36. The van der Waals surface area contributed by atoms with Crippen LogP contribution in [0.1, 0.15) is 52.7 Å². The summed E-state index contributed by atoms with van der Waals surface area (Å²) in [6, 6.07) is 44.3. The number of rotatable bonds is 4. The molecule has 0 bridgehead atoms. The third-order valence-corrected chi connectivity index (χ3v) is 11.8. The minimum Gasteiger partial charge on any atom is -0.456 e. The Morgan fingerprint density at radius 2 is 1.33 bits per heavy atom. The van der Waals surface area contributed by atoms with E-state index in [1.807, 2.05) is 6.07 Å². The molecular weight excluding hydrogens is 708 g/mol. The summed E-state index contributed by atoms with van der Waals surface area (Å²) in [5.74, 6) is 0. The first kappa shape index (κ1) is 32.1. The van der Waals surface area contributed by atoms with Crippen LogP contribution in [0.2, 0.25) is 0 Å². The van der Waals surface area contributed by atoms with Crippen LogP contribution < -0.4 is 4.90 Å². The van der Waals surface area contributed by atoms with Crippen molar-refractivity contribution >= 4 is 98.2 Å². The van der Waals surface area contributed by atoms with Gasteiger partial charge in [-0.15, -0.1) is 11.3 Å². The van der Waals surface area contributed by atoms with E-state index in [1.54, 1.807) is 11.3 Å². The van der Waals surface area contributed by atoms with Gasteiger partial charge in [0, 0.05) is 58.5 Å². The molecule has 0 radical (unpaired) electrons. The molecule has 0 aliphatic carbocycles. The van der Waals surface area contributed by atoms with Gasteiger partial charge in [0.2, 0.25) is 0 Å². The molecule has 0 spiro atoms. The molecule has 5 heteroatoms. The second kappa shape index (κ2) is 11.6. The number of nitrogens with zero attached hydrogens (tertiary/aromatic N) is 2. The number of aromatic nitrogens is 1. The molecule has 3 nitrogen and oxygen atoms in total. The van der Waals surface area contributed by atoms with Crippen LogP contribution in [-0.4, -0.2) is 4.57 Å². The monoisotopic (exact) mass is 746 g/mol. The maximum Gasteiger partial charge on any atom is 0.136 e. The average molecular weight is 748 g/mol. The number of para-hydroxylation sites is 2. The number of halogens is 1. The lowest BCUT2D eigenvalue weighted by Gasteiger charge is -2.27. The van der Waals surface area contributed by atoms with Crippen LogP contribution in [0.5, 0.6) is 0 Å². The molecule has 0 unspecified atom stereocenters. The Morgan fingerprint density at radius 3 is 2.12 bits per heavy atom. The third kappa shape index (κ3) is 5.20. The zero-order valence-corrected chi connectivity index (χ0v) is 32.1. The minimum absolute atomic E-state index is 0.0438. The van der Waals surface area contributed by atoms with E-state index < -0.39 is 0 Å².